The maximum absolute atomic E-state index is 13.2. The number of carbonyl (C=O) groups excluding carboxylic acids is 1. The molecule has 1 N–H and O–H groups in total. The largest absolute Gasteiger partial charge is 0.484 e. The van der Waals surface area contributed by atoms with Gasteiger partial charge >= 0.3 is 0 Å². The van der Waals surface area contributed by atoms with Crippen LogP contribution in [0.3, 0.4) is 0 Å². The first-order valence-corrected chi connectivity index (χ1v) is 9.04. The molecule has 2 aromatic rings. The summed E-state index contributed by atoms with van der Waals surface area (Å²) in [7, 11) is 0. The number of benzene rings is 2. The summed E-state index contributed by atoms with van der Waals surface area (Å²) in [5.41, 5.74) is 0.801. The third-order valence-corrected chi connectivity index (χ3v) is 5.31. The molecule has 132 valence electrons. The number of aliphatic hydroxyl groups excluding tert-OH is 1. The van der Waals surface area contributed by atoms with E-state index in [9.17, 15) is 9.18 Å². The van der Waals surface area contributed by atoms with Crippen molar-refractivity contribution in [2.75, 3.05) is 19.7 Å². The Bertz CT molecular complexity index is 723. The highest BCUT2D eigenvalue weighted by Crippen LogP contribution is 2.30. The minimum Gasteiger partial charge on any atom is -0.484 e. The van der Waals surface area contributed by atoms with Gasteiger partial charge in [-0.1, -0.05) is 18.2 Å². The zero-order valence-corrected chi connectivity index (χ0v) is 14.5. The molecule has 1 aliphatic rings. The third kappa shape index (κ3) is 4.96. The smallest absolute Gasteiger partial charge is 0.260 e. The van der Waals surface area contributed by atoms with Crippen molar-refractivity contribution in [1.82, 2.24) is 4.90 Å². The lowest BCUT2D eigenvalue weighted by molar-refractivity contribution is -0.132. The molecular formula is C19H20FNO3S. The van der Waals surface area contributed by atoms with Crippen LogP contribution in [0.2, 0.25) is 0 Å². The predicted molar refractivity (Wildman–Crippen MR) is 95.1 cm³/mol. The first kappa shape index (κ1) is 17.8. The van der Waals surface area contributed by atoms with Gasteiger partial charge in [-0.2, -0.15) is 0 Å². The van der Waals surface area contributed by atoms with Gasteiger partial charge in [-0.3, -0.25) is 4.79 Å². The molecule has 0 aromatic heterocycles. The molecule has 1 fully saturated rings. The van der Waals surface area contributed by atoms with E-state index < -0.39 is 0 Å². The molecule has 1 saturated heterocycles. The summed E-state index contributed by atoms with van der Waals surface area (Å²) < 4.78 is 18.8. The fraction of sp³-hybridized carbons (Fsp3) is 0.316. The lowest BCUT2D eigenvalue weighted by Gasteiger charge is -2.17. The van der Waals surface area contributed by atoms with Crippen molar-refractivity contribution >= 4 is 17.7 Å². The van der Waals surface area contributed by atoms with Crippen LogP contribution in [0, 0.1) is 5.82 Å². The van der Waals surface area contributed by atoms with Gasteiger partial charge in [-0.25, -0.2) is 4.39 Å². The van der Waals surface area contributed by atoms with E-state index in [4.69, 9.17) is 9.84 Å². The molecular weight excluding hydrogens is 341 g/mol. The molecule has 0 saturated carbocycles. The summed E-state index contributed by atoms with van der Waals surface area (Å²) in [5, 5.41) is 9.28. The zero-order valence-electron chi connectivity index (χ0n) is 13.7. The molecule has 25 heavy (non-hydrogen) atoms. The van der Waals surface area contributed by atoms with Gasteiger partial charge in [0, 0.05) is 23.2 Å². The number of thioether (sulfide) groups is 1. The average Bonchev–Trinajstić information content (AvgIpc) is 3.08. The highest BCUT2D eigenvalue weighted by molar-refractivity contribution is 8.00. The first-order chi connectivity index (χ1) is 12.1. The van der Waals surface area contributed by atoms with E-state index in [1.54, 1.807) is 47.0 Å². The molecule has 1 aliphatic heterocycles. The van der Waals surface area contributed by atoms with Crippen LogP contribution in [0.4, 0.5) is 4.39 Å². The molecule has 0 aliphatic carbocycles. The number of halogens is 1. The molecule has 1 unspecified atom stereocenters. The molecule has 0 radical (unpaired) electrons. The van der Waals surface area contributed by atoms with Gasteiger partial charge in [0.25, 0.3) is 5.91 Å². The van der Waals surface area contributed by atoms with E-state index in [-0.39, 0.29) is 30.2 Å². The van der Waals surface area contributed by atoms with Crippen LogP contribution in [-0.4, -0.2) is 40.9 Å². The van der Waals surface area contributed by atoms with Crippen LogP contribution in [0.1, 0.15) is 12.0 Å². The topological polar surface area (TPSA) is 49.8 Å². The monoisotopic (exact) mass is 361 g/mol. The van der Waals surface area contributed by atoms with Gasteiger partial charge in [0.05, 0.1) is 6.61 Å². The SMILES string of the molecule is O=C(COc1ccc(CO)cc1)N1CCC(Sc2cccc(F)c2)C1. The van der Waals surface area contributed by atoms with E-state index in [2.05, 4.69) is 0 Å². The fourth-order valence-corrected chi connectivity index (χ4v) is 3.91. The zero-order chi connectivity index (χ0) is 17.6. The molecule has 1 heterocycles. The molecule has 1 amide bonds. The summed E-state index contributed by atoms with van der Waals surface area (Å²) in [6.45, 7) is 1.32. The maximum atomic E-state index is 13.2. The summed E-state index contributed by atoms with van der Waals surface area (Å²) in [4.78, 5) is 15.0. The van der Waals surface area contributed by atoms with Crippen molar-refractivity contribution < 1.29 is 19.0 Å². The van der Waals surface area contributed by atoms with Crippen molar-refractivity contribution in [1.29, 1.82) is 0 Å². The Labute approximate surface area is 150 Å². The predicted octanol–water partition coefficient (Wildman–Crippen LogP) is 3.09. The Morgan fingerprint density at radius 2 is 2.08 bits per heavy atom. The van der Waals surface area contributed by atoms with E-state index in [0.29, 0.717) is 18.8 Å². The molecule has 0 bridgehead atoms. The Hall–Kier alpha value is -2.05. The maximum Gasteiger partial charge on any atom is 0.260 e. The second-order valence-corrected chi connectivity index (χ2v) is 7.29. The normalized spacial score (nSPS) is 16.9. The highest BCUT2D eigenvalue weighted by atomic mass is 32.2. The lowest BCUT2D eigenvalue weighted by atomic mass is 10.2. The van der Waals surface area contributed by atoms with Crippen LogP contribution in [0.5, 0.6) is 5.75 Å². The van der Waals surface area contributed by atoms with Crippen molar-refractivity contribution in [2.45, 2.75) is 23.2 Å². The minimum atomic E-state index is -0.239. The van der Waals surface area contributed by atoms with Gasteiger partial charge in [0.1, 0.15) is 11.6 Å². The Morgan fingerprint density at radius 1 is 1.28 bits per heavy atom. The summed E-state index contributed by atoms with van der Waals surface area (Å²) >= 11 is 1.61. The number of likely N-dealkylation sites (tertiary alicyclic amines) is 1. The molecule has 4 nitrogen and oxygen atoms in total. The Kier molecular flexibility index (Phi) is 5.94. The second kappa shape index (κ2) is 8.36. The van der Waals surface area contributed by atoms with Crippen molar-refractivity contribution in [3.63, 3.8) is 0 Å². The summed E-state index contributed by atoms with van der Waals surface area (Å²) in [6, 6.07) is 13.6. The molecule has 2 aromatic carbocycles. The summed E-state index contributed by atoms with van der Waals surface area (Å²) in [5.74, 6) is 0.320. The van der Waals surface area contributed by atoms with E-state index in [0.717, 1.165) is 16.9 Å². The van der Waals surface area contributed by atoms with Crippen molar-refractivity contribution in [3.8, 4) is 5.75 Å². The van der Waals surface area contributed by atoms with Crippen LogP contribution in [0.25, 0.3) is 0 Å². The number of amides is 1. The minimum absolute atomic E-state index is 0.00414. The average molecular weight is 361 g/mol. The molecule has 6 heteroatoms. The Morgan fingerprint density at radius 3 is 2.80 bits per heavy atom. The number of hydrogen-bond acceptors (Lipinski definition) is 4. The quantitative estimate of drug-likeness (QED) is 0.859. The lowest BCUT2D eigenvalue weighted by Crippen LogP contribution is -2.33. The fourth-order valence-electron chi connectivity index (χ4n) is 2.71. The highest BCUT2D eigenvalue weighted by Gasteiger charge is 2.27. The number of hydrogen-bond donors (Lipinski definition) is 1. The molecule has 3 rings (SSSR count). The van der Waals surface area contributed by atoms with E-state index in [1.165, 1.54) is 12.1 Å². The standard InChI is InChI=1S/C19H20FNO3S/c20-15-2-1-3-17(10-15)25-18-8-9-21(11-18)19(23)13-24-16-6-4-14(12-22)5-7-16/h1-7,10,18,22H,8-9,11-13H2. The molecule has 1 atom stereocenters. The summed E-state index contributed by atoms with van der Waals surface area (Å²) in [6.07, 6.45) is 0.887. The van der Waals surface area contributed by atoms with E-state index in [1.807, 2.05) is 6.07 Å². The van der Waals surface area contributed by atoms with Gasteiger partial charge < -0.3 is 14.7 Å². The number of rotatable bonds is 6. The van der Waals surface area contributed by atoms with Gasteiger partial charge in [-0.05, 0) is 42.3 Å². The second-order valence-electron chi connectivity index (χ2n) is 5.92. The van der Waals surface area contributed by atoms with Crippen molar-refractivity contribution in [2.24, 2.45) is 0 Å². The van der Waals surface area contributed by atoms with Gasteiger partial charge in [0.2, 0.25) is 0 Å². The number of aliphatic hydroxyl groups is 1. The Balaban J connectivity index is 1.47. The third-order valence-electron chi connectivity index (χ3n) is 4.06. The van der Waals surface area contributed by atoms with Crippen molar-refractivity contribution in [3.05, 3.63) is 59.9 Å². The van der Waals surface area contributed by atoms with Gasteiger partial charge in [0.15, 0.2) is 6.61 Å². The number of carbonyl (C=O) groups is 1. The number of ether oxygens (including phenoxy) is 1. The van der Waals surface area contributed by atoms with Crippen LogP contribution in [0.15, 0.2) is 53.4 Å². The van der Waals surface area contributed by atoms with E-state index >= 15 is 0 Å². The van der Waals surface area contributed by atoms with Gasteiger partial charge in [-0.15, -0.1) is 11.8 Å². The van der Waals surface area contributed by atoms with Crippen LogP contribution >= 0.6 is 11.8 Å². The molecule has 0 spiro atoms. The first-order valence-electron chi connectivity index (χ1n) is 8.16. The number of nitrogens with zero attached hydrogens (tertiary/aromatic N) is 1. The van der Waals surface area contributed by atoms with Crippen LogP contribution in [-0.2, 0) is 11.4 Å². The van der Waals surface area contributed by atoms with Crippen LogP contribution < -0.4 is 4.74 Å².